The third-order valence-corrected chi connectivity index (χ3v) is 4.86. The van der Waals surface area contributed by atoms with Crippen molar-refractivity contribution in [1.82, 2.24) is 0 Å². The Morgan fingerprint density at radius 3 is 2.90 bits per heavy atom. The summed E-state index contributed by atoms with van der Waals surface area (Å²) in [5, 5.41) is 0. The van der Waals surface area contributed by atoms with Crippen molar-refractivity contribution in [3.8, 4) is 5.75 Å². The van der Waals surface area contributed by atoms with Gasteiger partial charge in [-0.1, -0.05) is 46.3 Å². The molecule has 0 fully saturated rings. The Hall–Kier alpha value is -1.61. The van der Waals surface area contributed by atoms with Crippen LogP contribution < -0.4 is 4.74 Å². The Kier molecular flexibility index (Phi) is 4.11. The summed E-state index contributed by atoms with van der Waals surface area (Å²) in [6, 6.07) is 13.8. The first kappa shape index (κ1) is 14.3. The number of rotatable bonds is 3. The second kappa shape index (κ2) is 6.02. The summed E-state index contributed by atoms with van der Waals surface area (Å²) in [4.78, 5) is 12.5. The Balaban J connectivity index is 1.81. The Bertz CT molecular complexity index is 679. The molecule has 3 heteroatoms. The highest BCUT2D eigenvalue weighted by Crippen LogP contribution is 2.36. The number of hydrogen-bond acceptors (Lipinski definition) is 2. The van der Waals surface area contributed by atoms with Crippen LogP contribution >= 0.6 is 15.9 Å². The van der Waals surface area contributed by atoms with Crippen LogP contribution in [0.4, 0.5) is 0 Å². The highest BCUT2D eigenvalue weighted by Gasteiger charge is 2.24. The van der Waals surface area contributed by atoms with Crippen LogP contribution in [-0.4, -0.2) is 12.4 Å². The van der Waals surface area contributed by atoms with Gasteiger partial charge in [0.1, 0.15) is 5.75 Å². The van der Waals surface area contributed by atoms with Gasteiger partial charge in [-0.25, -0.2) is 0 Å². The van der Waals surface area contributed by atoms with Crippen LogP contribution in [0.5, 0.6) is 5.75 Å². The summed E-state index contributed by atoms with van der Waals surface area (Å²) in [6.07, 6.45) is 1.44. The molecule has 0 radical (unpaired) electrons. The average molecular weight is 345 g/mol. The smallest absolute Gasteiger partial charge is 0.163 e. The van der Waals surface area contributed by atoms with Gasteiger partial charge in [0.05, 0.1) is 6.61 Å². The summed E-state index contributed by atoms with van der Waals surface area (Å²) < 4.78 is 6.64. The summed E-state index contributed by atoms with van der Waals surface area (Å²) in [7, 11) is 0. The van der Waals surface area contributed by atoms with Crippen molar-refractivity contribution in [3.05, 3.63) is 63.6 Å². The second-order valence-electron chi connectivity index (χ2n) is 5.46. The lowest BCUT2D eigenvalue weighted by atomic mass is 9.87. The summed E-state index contributed by atoms with van der Waals surface area (Å²) in [6.45, 7) is 2.71. The molecule has 1 unspecified atom stereocenters. The molecule has 3 rings (SSSR count). The maximum Gasteiger partial charge on any atom is 0.163 e. The molecule has 108 valence electrons. The van der Waals surface area contributed by atoms with Gasteiger partial charge in [-0.2, -0.15) is 0 Å². The first-order valence-corrected chi connectivity index (χ1v) is 7.95. The first-order valence-electron chi connectivity index (χ1n) is 7.16. The second-order valence-corrected chi connectivity index (χ2v) is 6.32. The van der Waals surface area contributed by atoms with Crippen LogP contribution in [-0.2, 0) is 0 Å². The van der Waals surface area contributed by atoms with Crippen LogP contribution in [0, 0.1) is 6.92 Å². The van der Waals surface area contributed by atoms with Crippen LogP contribution in [0.25, 0.3) is 0 Å². The first-order chi connectivity index (χ1) is 10.1. The summed E-state index contributed by atoms with van der Waals surface area (Å²) >= 11 is 3.49. The van der Waals surface area contributed by atoms with Gasteiger partial charge in [0.2, 0.25) is 0 Å². The van der Waals surface area contributed by atoms with E-state index in [-0.39, 0.29) is 11.7 Å². The van der Waals surface area contributed by atoms with E-state index in [1.807, 2.05) is 43.3 Å². The van der Waals surface area contributed by atoms with Crippen LogP contribution in [0.15, 0.2) is 46.9 Å². The molecule has 0 saturated heterocycles. The number of carbonyl (C=O) groups is 1. The Labute approximate surface area is 133 Å². The summed E-state index contributed by atoms with van der Waals surface area (Å²) in [5.41, 5.74) is 3.07. The molecule has 2 aromatic carbocycles. The third-order valence-electron chi connectivity index (χ3n) is 4.01. The number of carbonyl (C=O) groups excluding carboxylic acids is 1. The number of aryl methyl sites for hydroxylation is 1. The predicted molar refractivity (Wildman–Crippen MR) is 87.1 cm³/mol. The van der Waals surface area contributed by atoms with E-state index in [0.717, 1.165) is 33.3 Å². The summed E-state index contributed by atoms with van der Waals surface area (Å²) in [5.74, 6) is 1.37. The van der Waals surface area contributed by atoms with Gasteiger partial charge >= 0.3 is 0 Å². The largest absolute Gasteiger partial charge is 0.493 e. The zero-order valence-corrected chi connectivity index (χ0v) is 13.5. The molecule has 2 nitrogen and oxygen atoms in total. The van der Waals surface area contributed by atoms with E-state index in [1.54, 1.807) is 0 Å². The van der Waals surface area contributed by atoms with E-state index in [0.29, 0.717) is 13.0 Å². The van der Waals surface area contributed by atoms with Crippen molar-refractivity contribution in [2.45, 2.75) is 25.7 Å². The normalized spacial score (nSPS) is 17.0. The third kappa shape index (κ3) is 3.03. The number of Topliss-reactive ketones (excluding diaryl/α,β-unsaturated/α-hetero) is 1. The van der Waals surface area contributed by atoms with Gasteiger partial charge in [-0.3, -0.25) is 4.79 Å². The number of halogens is 1. The number of ether oxygens (including phenoxy) is 1. The van der Waals surface area contributed by atoms with Crippen LogP contribution in [0.1, 0.15) is 40.2 Å². The van der Waals surface area contributed by atoms with Crippen molar-refractivity contribution < 1.29 is 9.53 Å². The zero-order chi connectivity index (χ0) is 14.8. The number of fused-ring (bicyclic) bond motifs is 1. The number of para-hydroxylation sites is 1. The molecule has 1 aliphatic heterocycles. The van der Waals surface area contributed by atoms with Gasteiger partial charge in [0.25, 0.3) is 0 Å². The Morgan fingerprint density at radius 2 is 2.10 bits per heavy atom. The van der Waals surface area contributed by atoms with Gasteiger partial charge in [-0.15, -0.1) is 0 Å². The van der Waals surface area contributed by atoms with Crippen molar-refractivity contribution >= 4 is 21.7 Å². The average Bonchev–Trinajstić information content (AvgIpc) is 2.50. The predicted octanol–water partition coefficient (Wildman–Crippen LogP) is 4.90. The van der Waals surface area contributed by atoms with E-state index >= 15 is 0 Å². The van der Waals surface area contributed by atoms with Crippen LogP contribution in [0.3, 0.4) is 0 Å². The molecule has 0 bridgehead atoms. The van der Waals surface area contributed by atoms with Crippen molar-refractivity contribution in [2.75, 3.05) is 6.61 Å². The van der Waals surface area contributed by atoms with Gasteiger partial charge < -0.3 is 4.74 Å². The molecule has 1 heterocycles. The fourth-order valence-electron chi connectivity index (χ4n) is 2.74. The monoisotopic (exact) mass is 344 g/mol. The SMILES string of the molecule is Cc1ccc(C(=O)CC2CCOc3ccccc32)cc1Br. The molecule has 2 aromatic rings. The van der Waals surface area contributed by atoms with Crippen molar-refractivity contribution in [1.29, 1.82) is 0 Å². The quantitative estimate of drug-likeness (QED) is 0.740. The maximum atomic E-state index is 12.5. The minimum atomic E-state index is 0.192. The van der Waals surface area contributed by atoms with Gasteiger partial charge in [-0.05, 0) is 42.5 Å². The molecule has 0 N–H and O–H groups in total. The van der Waals surface area contributed by atoms with E-state index in [9.17, 15) is 4.79 Å². The zero-order valence-electron chi connectivity index (χ0n) is 11.9. The highest BCUT2D eigenvalue weighted by atomic mass is 79.9. The fourth-order valence-corrected chi connectivity index (χ4v) is 3.11. The number of ketones is 1. The standard InChI is InChI=1S/C18H17BrO2/c1-12-6-7-14(10-16(12)19)17(20)11-13-8-9-21-18-5-3-2-4-15(13)18/h2-7,10,13H,8-9,11H2,1H3. The molecule has 0 saturated carbocycles. The van der Waals surface area contributed by atoms with E-state index < -0.39 is 0 Å². The molecule has 0 aromatic heterocycles. The molecular weight excluding hydrogens is 328 g/mol. The lowest BCUT2D eigenvalue weighted by Crippen LogP contribution is -2.17. The van der Waals surface area contributed by atoms with Crippen molar-refractivity contribution in [3.63, 3.8) is 0 Å². The lowest BCUT2D eigenvalue weighted by molar-refractivity contribution is 0.0966. The van der Waals surface area contributed by atoms with E-state index in [2.05, 4.69) is 22.0 Å². The van der Waals surface area contributed by atoms with Gasteiger partial charge in [0.15, 0.2) is 5.78 Å². The molecule has 0 aliphatic carbocycles. The topological polar surface area (TPSA) is 26.3 Å². The molecule has 1 aliphatic rings. The molecule has 1 atom stereocenters. The fraction of sp³-hybridized carbons (Fsp3) is 0.278. The van der Waals surface area contributed by atoms with Gasteiger partial charge in [0, 0.05) is 16.5 Å². The molecular formula is C18H17BrO2. The minimum Gasteiger partial charge on any atom is -0.493 e. The molecule has 0 spiro atoms. The maximum absolute atomic E-state index is 12.5. The number of benzene rings is 2. The minimum absolute atomic E-state index is 0.192. The highest BCUT2D eigenvalue weighted by molar-refractivity contribution is 9.10. The van der Waals surface area contributed by atoms with E-state index in [1.165, 1.54) is 0 Å². The Morgan fingerprint density at radius 1 is 1.29 bits per heavy atom. The number of hydrogen-bond donors (Lipinski definition) is 0. The molecule has 0 amide bonds. The lowest BCUT2D eigenvalue weighted by Gasteiger charge is -2.25. The van der Waals surface area contributed by atoms with Crippen molar-refractivity contribution in [2.24, 2.45) is 0 Å². The van der Waals surface area contributed by atoms with E-state index in [4.69, 9.17) is 4.74 Å². The molecule has 21 heavy (non-hydrogen) atoms. The van der Waals surface area contributed by atoms with Crippen LogP contribution in [0.2, 0.25) is 0 Å².